The van der Waals surface area contributed by atoms with Gasteiger partial charge in [0.1, 0.15) is 4.33 Å². The summed E-state index contributed by atoms with van der Waals surface area (Å²) in [7, 11) is 0. The number of amides is 1. The van der Waals surface area contributed by atoms with Gasteiger partial charge >= 0.3 is 0 Å². The third-order valence-electron chi connectivity index (χ3n) is 6.55. The van der Waals surface area contributed by atoms with Crippen molar-refractivity contribution in [2.75, 3.05) is 5.32 Å². The molecule has 35 heavy (non-hydrogen) atoms. The summed E-state index contributed by atoms with van der Waals surface area (Å²) in [5, 5.41) is 3.56. The van der Waals surface area contributed by atoms with E-state index in [9.17, 15) is 18.4 Å². The third kappa shape index (κ3) is 5.86. The Labute approximate surface area is 231 Å². The first kappa shape index (κ1) is 27.2. The molecule has 0 bridgehead atoms. The van der Waals surface area contributed by atoms with Crippen LogP contribution < -0.4 is 5.32 Å². The standard InChI is InChI=1S/C24H19Cl6F2NO2/c25-15-2-1-13(10-14(15)18(34)7-11-3-5-23(31,32)6-4-11)33-22(35)20-19(24(20,29)30)12-8-16(26)21(28)17(27)9-12/h1-2,8-11,19-20H,3-7H2,(H,33,35). The number of carbonyl (C=O) groups excluding carboxylic acids is 2. The lowest BCUT2D eigenvalue weighted by atomic mass is 9.83. The van der Waals surface area contributed by atoms with Crippen LogP contribution in [-0.2, 0) is 4.79 Å². The molecule has 2 aromatic rings. The van der Waals surface area contributed by atoms with Gasteiger partial charge in [-0.15, -0.1) is 23.2 Å². The van der Waals surface area contributed by atoms with Crippen molar-refractivity contribution in [2.24, 2.45) is 11.8 Å². The number of hydrogen-bond acceptors (Lipinski definition) is 2. The van der Waals surface area contributed by atoms with Crippen LogP contribution >= 0.6 is 69.6 Å². The lowest BCUT2D eigenvalue weighted by Gasteiger charge is -2.27. The van der Waals surface area contributed by atoms with Gasteiger partial charge in [0.05, 0.1) is 26.0 Å². The molecule has 2 aromatic carbocycles. The first-order chi connectivity index (χ1) is 16.3. The van der Waals surface area contributed by atoms with Gasteiger partial charge in [0.25, 0.3) is 0 Å². The van der Waals surface area contributed by atoms with Crippen molar-refractivity contribution < 1.29 is 18.4 Å². The Balaban J connectivity index is 1.45. The van der Waals surface area contributed by atoms with E-state index in [0.29, 0.717) is 11.3 Å². The second-order valence-electron chi connectivity index (χ2n) is 9.04. The van der Waals surface area contributed by atoms with Crippen LogP contribution in [0, 0.1) is 11.8 Å². The van der Waals surface area contributed by atoms with Crippen molar-refractivity contribution in [1.82, 2.24) is 0 Å². The van der Waals surface area contributed by atoms with Gasteiger partial charge in [-0.1, -0.05) is 46.4 Å². The Hall–Kier alpha value is -0.820. The monoisotopic (exact) mass is 601 g/mol. The van der Waals surface area contributed by atoms with Gasteiger partial charge in [-0.05, 0) is 54.7 Å². The smallest absolute Gasteiger partial charge is 0.248 e. The third-order valence-corrected chi connectivity index (χ3v) is 9.01. The summed E-state index contributed by atoms with van der Waals surface area (Å²) < 4.78 is 25.4. The van der Waals surface area contributed by atoms with Crippen LogP contribution in [0.2, 0.25) is 20.1 Å². The van der Waals surface area contributed by atoms with E-state index in [1.807, 2.05) is 0 Å². The van der Waals surface area contributed by atoms with Gasteiger partial charge < -0.3 is 5.32 Å². The number of alkyl halides is 4. The minimum atomic E-state index is -2.66. The molecule has 0 saturated heterocycles. The van der Waals surface area contributed by atoms with Gasteiger partial charge in [0.2, 0.25) is 11.8 Å². The Morgan fingerprint density at radius 1 is 0.943 bits per heavy atom. The zero-order valence-electron chi connectivity index (χ0n) is 18.0. The molecule has 0 spiro atoms. The first-order valence-corrected chi connectivity index (χ1v) is 13.1. The minimum Gasteiger partial charge on any atom is -0.326 e. The average molecular weight is 604 g/mol. The molecule has 188 valence electrons. The van der Waals surface area contributed by atoms with Crippen LogP contribution in [0.5, 0.6) is 0 Å². The molecule has 3 nitrogen and oxygen atoms in total. The normalized spacial score (nSPS) is 23.1. The van der Waals surface area contributed by atoms with Crippen LogP contribution in [0.3, 0.4) is 0 Å². The van der Waals surface area contributed by atoms with E-state index < -0.39 is 28.0 Å². The highest BCUT2D eigenvalue weighted by Crippen LogP contribution is 2.65. The fraction of sp³-hybridized carbons (Fsp3) is 0.417. The van der Waals surface area contributed by atoms with Crippen molar-refractivity contribution in [1.29, 1.82) is 0 Å². The summed E-state index contributed by atoms with van der Waals surface area (Å²) in [4.78, 5) is 25.8. The summed E-state index contributed by atoms with van der Waals surface area (Å²) in [6.45, 7) is 0. The Bertz CT molecular complexity index is 1160. The minimum absolute atomic E-state index is 0.114. The molecule has 11 heteroatoms. The summed E-state index contributed by atoms with van der Waals surface area (Å²) in [6, 6.07) is 7.64. The summed E-state index contributed by atoms with van der Waals surface area (Å²) >= 11 is 37.2. The Morgan fingerprint density at radius 3 is 2.14 bits per heavy atom. The van der Waals surface area contributed by atoms with Crippen LogP contribution in [0.15, 0.2) is 30.3 Å². The Morgan fingerprint density at radius 2 is 1.54 bits per heavy atom. The predicted molar refractivity (Wildman–Crippen MR) is 138 cm³/mol. The molecule has 0 aromatic heterocycles. The highest BCUT2D eigenvalue weighted by molar-refractivity contribution is 6.54. The molecular weight excluding hydrogens is 585 g/mol. The zero-order chi connectivity index (χ0) is 25.7. The van der Waals surface area contributed by atoms with E-state index in [-0.39, 0.29) is 69.5 Å². The quantitative estimate of drug-likeness (QED) is 0.203. The number of halogens is 8. The molecule has 2 aliphatic rings. The number of carbonyl (C=O) groups is 2. The van der Waals surface area contributed by atoms with Crippen molar-refractivity contribution in [2.45, 2.75) is 48.3 Å². The fourth-order valence-corrected chi connectivity index (χ4v) is 6.20. The van der Waals surface area contributed by atoms with E-state index in [1.165, 1.54) is 12.1 Å². The van der Waals surface area contributed by atoms with Crippen LogP contribution in [0.4, 0.5) is 14.5 Å². The van der Waals surface area contributed by atoms with E-state index in [0.717, 1.165) is 0 Å². The molecule has 0 radical (unpaired) electrons. The number of ketones is 1. The largest absolute Gasteiger partial charge is 0.326 e. The van der Waals surface area contributed by atoms with Crippen LogP contribution in [0.25, 0.3) is 0 Å². The Kier molecular flexibility index (Phi) is 7.89. The first-order valence-electron chi connectivity index (χ1n) is 10.8. The average Bonchev–Trinajstić information content (AvgIpc) is 3.36. The molecule has 0 aliphatic heterocycles. The molecule has 2 saturated carbocycles. The molecular formula is C24H19Cl6F2NO2. The highest BCUT2D eigenvalue weighted by Gasteiger charge is 2.67. The molecule has 0 heterocycles. The maximum atomic E-state index is 13.4. The fourth-order valence-electron chi connectivity index (χ4n) is 4.54. The van der Waals surface area contributed by atoms with Crippen molar-refractivity contribution in [3.8, 4) is 0 Å². The lowest BCUT2D eigenvalue weighted by Crippen LogP contribution is -2.25. The highest BCUT2D eigenvalue weighted by atomic mass is 35.5. The molecule has 2 atom stereocenters. The number of rotatable bonds is 6. The summed E-state index contributed by atoms with van der Waals surface area (Å²) in [5.74, 6) is -4.90. The van der Waals surface area contributed by atoms with Crippen LogP contribution in [-0.4, -0.2) is 21.9 Å². The number of nitrogens with one attached hydrogen (secondary N) is 1. The molecule has 2 unspecified atom stereocenters. The van der Waals surface area contributed by atoms with E-state index >= 15 is 0 Å². The maximum absolute atomic E-state index is 13.4. The lowest BCUT2D eigenvalue weighted by molar-refractivity contribution is -0.117. The van der Waals surface area contributed by atoms with Crippen molar-refractivity contribution in [3.05, 3.63) is 61.5 Å². The molecule has 1 N–H and O–H groups in total. The van der Waals surface area contributed by atoms with Gasteiger partial charge in [-0.25, -0.2) is 8.78 Å². The molecule has 1 amide bonds. The number of benzene rings is 2. The number of Topliss-reactive ketones (excluding diaryl/α,β-unsaturated/α-hetero) is 1. The van der Waals surface area contributed by atoms with Gasteiger partial charge in [-0.2, -0.15) is 0 Å². The van der Waals surface area contributed by atoms with Gasteiger partial charge in [0, 0.05) is 36.4 Å². The molecule has 2 fully saturated rings. The second-order valence-corrected chi connectivity index (χ2v) is 12.1. The predicted octanol–water partition coefficient (Wildman–Crippen LogP) is 9.22. The van der Waals surface area contributed by atoms with Crippen molar-refractivity contribution in [3.63, 3.8) is 0 Å². The van der Waals surface area contributed by atoms with Crippen molar-refractivity contribution >= 4 is 87.0 Å². The second kappa shape index (κ2) is 10.2. The van der Waals surface area contributed by atoms with Gasteiger partial charge in [0.15, 0.2) is 5.78 Å². The molecule has 4 rings (SSSR count). The summed E-state index contributed by atoms with van der Waals surface area (Å²) in [6.07, 6.45) is 0.229. The van der Waals surface area contributed by atoms with E-state index in [4.69, 9.17) is 69.6 Å². The topological polar surface area (TPSA) is 46.2 Å². The number of anilines is 1. The molecule has 2 aliphatic carbocycles. The maximum Gasteiger partial charge on any atom is 0.248 e. The van der Waals surface area contributed by atoms with Gasteiger partial charge in [-0.3, -0.25) is 9.59 Å². The summed E-state index contributed by atoms with van der Waals surface area (Å²) in [5.41, 5.74) is 1.12. The number of hydrogen-bond donors (Lipinski definition) is 1. The van der Waals surface area contributed by atoms with E-state index in [1.54, 1.807) is 18.2 Å². The van der Waals surface area contributed by atoms with E-state index in [2.05, 4.69) is 5.32 Å². The SMILES string of the molecule is O=C(CC1CCC(F)(F)CC1)c1cc(NC(=O)C2C(c3cc(Cl)c(Cl)c(Cl)c3)C2(Cl)Cl)ccc1Cl. The van der Waals surface area contributed by atoms with Crippen LogP contribution in [0.1, 0.15) is 53.9 Å². The zero-order valence-corrected chi connectivity index (χ0v) is 22.5.